The van der Waals surface area contributed by atoms with E-state index < -0.39 is 0 Å². The van der Waals surface area contributed by atoms with Gasteiger partial charge in [0.1, 0.15) is 0 Å². The molecule has 10 heavy (non-hydrogen) atoms. The molecule has 0 saturated carbocycles. The van der Waals surface area contributed by atoms with Gasteiger partial charge < -0.3 is 0 Å². The minimum absolute atomic E-state index is 0.632. The highest BCUT2D eigenvalue weighted by molar-refractivity contribution is 5.58. The van der Waals surface area contributed by atoms with Crippen molar-refractivity contribution in [3.8, 4) is 12.3 Å². The Morgan fingerprint density at radius 2 is 2.40 bits per heavy atom. The van der Waals surface area contributed by atoms with Crippen molar-refractivity contribution in [2.75, 3.05) is 0 Å². The number of nitrogens with zero attached hydrogens (tertiary/aromatic N) is 1. The van der Waals surface area contributed by atoms with Crippen LogP contribution in [-0.4, -0.2) is 6.21 Å². The first kappa shape index (κ1) is 8.97. The van der Waals surface area contributed by atoms with Crippen LogP contribution in [0.25, 0.3) is 0 Å². The summed E-state index contributed by atoms with van der Waals surface area (Å²) in [6, 6.07) is 0. The molecule has 0 radical (unpaired) electrons. The molecule has 0 atom stereocenters. The third-order valence-electron chi connectivity index (χ3n) is 1.06. The Kier molecular flexibility index (Phi) is 5.47. The van der Waals surface area contributed by atoms with Crippen molar-refractivity contribution in [2.24, 2.45) is 4.99 Å². The van der Waals surface area contributed by atoms with Gasteiger partial charge in [-0.15, -0.1) is 12.3 Å². The molecule has 1 nitrogen and oxygen atoms in total. The van der Waals surface area contributed by atoms with Crippen molar-refractivity contribution < 1.29 is 0 Å². The summed E-state index contributed by atoms with van der Waals surface area (Å²) in [6.07, 6.45) is 10.5. The third-order valence-corrected chi connectivity index (χ3v) is 1.06. The van der Waals surface area contributed by atoms with E-state index >= 15 is 0 Å². The van der Waals surface area contributed by atoms with Crippen LogP contribution in [0.3, 0.4) is 0 Å². The molecule has 0 heterocycles. The molecule has 0 spiro atoms. The maximum atomic E-state index is 5.11. The van der Waals surface area contributed by atoms with Gasteiger partial charge in [-0.05, 0) is 13.3 Å². The van der Waals surface area contributed by atoms with Crippen molar-refractivity contribution in [1.82, 2.24) is 0 Å². The van der Waals surface area contributed by atoms with Gasteiger partial charge in [-0.25, -0.2) is 0 Å². The summed E-state index contributed by atoms with van der Waals surface area (Å²) in [5, 5.41) is 0. The lowest BCUT2D eigenvalue weighted by Crippen LogP contribution is -1.76. The summed E-state index contributed by atoms with van der Waals surface area (Å²) in [6.45, 7) is 3.99. The maximum Gasteiger partial charge on any atom is 0.0507 e. The van der Waals surface area contributed by atoms with Crippen molar-refractivity contribution in [2.45, 2.75) is 26.7 Å². The molecule has 0 aliphatic heterocycles. The molecule has 0 amide bonds. The number of hydrogen-bond acceptors (Lipinski definition) is 1. The number of hydrogen-bond donors (Lipinski definition) is 0. The van der Waals surface area contributed by atoms with Gasteiger partial charge in [-0.2, -0.15) is 0 Å². The summed E-state index contributed by atoms with van der Waals surface area (Å²) < 4.78 is 0. The van der Waals surface area contributed by atoms with E-state index in [0.29, 0.717) is 6.42 Å². The Morgan fingerprint density at radius 1 is 1.70 bits per heavy atom. The molecule has 0 unspecified atom stereocenters. The van der Waals surface area contributed by atoms with Gasteiger partial charge in [0.15, 0.2) is 0 Å². The normalized spacial score (nSPS) is 11.9. The number of terminal acetylenes is 1. The van der Waals surface area contributed by atoms with Gasteiger partial charge in [-0.1, -0.05) is 13.0 Å². The quantitative estimate of drug-likeness (QED) is 0.416. The first-order valence-corrected chi connectivity index (χ1v) is 3.46. The molecule has 54 valence electrons. The average molecular weight is 135 g/mol. The van der Waals surface area contributed by atoms with Crippen LogP contribution < -0.4 is 0 Å². The van der Waals surface area contributed by atoms with E-state index in [-0.39, 0.29) is 0 Å². The lowest BCUT2D eigenvalue weighted by molar-refractivity contribution is 1.17. The van der Waals surface area contributed by atoms with Crippen LogP contribution in [0, 0.1) is 12.3 Å². The number of rotatable bonds is 3. The molecule has 0 aromatic carbocycles. The fraction of sp³-hybridized carbons (Fsp3) is 0.444. The van der Waals surface area contributed by atoms with E-state index in [1.165, 1.54) is 0 Å². The first-order valence-electron chi connectivity index (χ1n) is 3.46. The Labute approximate surface area is 62.9 Å². The SMILES string of the molecule is C#CC/C(=C/C)N=CCC. The zero-order chi connectivity index (χ0) is 7.82. The molecule has 0 aliphatic rings. The van der Waals surface area contributed by atoms with E-state index in [4.69, 9.17) is 6.42 Å². The van der Waals surface area contributed by atoms with E-state index in [1.807, 2.05) is 26.1 Å². The highest BCUT2D eigenvalue weighted by Crippen LogP contribution is 1.99. The standard InChI is InChI=1S/C9H13N/c1-4-7-9(6-3)10-8-5-2/h1,6,8H,5,7H2,2-3H3/b9-6-,10-8?. The Morgan fingerprint density at radius 3 is 2.80 bits per heavy atom. The summed E-state index contributed by atoms with van der Waals surface area (Å²) in [7, 11) is 0. The molecule has 1 heteroatoms. The van der Waals surface area contributed by atoms with Gasteiger partial charge >= 0.3 is 0 Å². The van der Waals surface area contributed by atoms with Crippen LogP contribution in [0.4, 0.5) is 0 Å². The number of aliphatic imine (C=N–C) groups is 1. The van der Waals surface area contributed by atoms with Crippen LogP contribution in [0.2, 0.25) is 0 Å². The van der Waals surface area contributed by atoms with E-state index in [2.05, 4.69) is 10.9 Å². The lowest BCUT2D eigenvalue weighted by Gasteiger charge is -1.91. The minimum atomic E-state index is 0.632. The van der Waals surface area contributed by atoms with Crippen LogP contribution in [0.1, 0.15) is 26.7 Å². The lowest BCUT2D eigenvalue weighted by atomic mass is 10.3. The van der Waals surface area contributed by atoms with Crippen LogP contribution in [-0.2, 0) is 0 Å². The molecule has 0 aliphatic carbocycles. The summed E-state index contributed by atoms with van der Waals surface area (Å²) in [5.41, 5.74) is 0.976. The topological polar surface area (TPSA) is 12.4 Å². The fourth-order valence-electron chi connectivity index (χ4n) is 0.535. The highest BCUT2D eigenvalue weighted by Gasteiger charge is 1.84. The zero-order valence-electron chi connectivity index (χ0n) is 6.59. The highest BCUT2D eigenvalue weighted by atomic mass is 14.7. The van der Waals surface area contributed by atoms with Crippen LogP contribution >= 0.6 is 0 Å². The van der Waals surface area contributed by atoms with Crippen molar-refractivity contribution >= 4 is 6.21 Å². The molecular weight excluding hydrogens is 122 g/mol. The van der Waals surface area contributed by atoms with Gasteiger partial charge in [0.2, 0.25) is 0 Å². The molecule has 0 rings (SSSR count). The molecular formula is C9H13N. The molecule has 0 N–H and O–H groups in total. The van der Waals surface area contributed by atoms with Crippen molar-refractivity contribution in [3.05, 3.63) is 11.8 Å². The van der Waals surface area contributed by atoms with E-state index in [0.717, 1.165) is 12.1 Å². The Balaban J connectivity index is 3.87. The predicted octanol–water partition coefficient (Wildman–Crippen LogP) is 2.39. The predicted molar refractivity (Wildman–Crippen MR) is 46.0 cm³/mol. The Bertz CT molecular complexity index is 170. The van der Waals surface area contributed by atoms with Crippen molar-refractivity contribution in [1.29, 1.82) is 0 Å². The van der Waals surface area contributed by atoms with Crippen molar-refractivity contribution in [3.63, 3.8) is 0 Å². The molecule has 0 bridgehead atoms. The van der Waals surface area contributed by atoms with Gasteiger partial charge in [0, 0.05) is 11.9 Å². The van der Waals surface area contributed by atoms with Gasteiger partial charge in [-0.3, -0.25) is 4.99 Å². The van der Waals surface area contributed by atoms with E-state index in [1.54, 1.807) is 0 Å². The average Bonchev–Trinajstić information content (AvgIpc) is 1.98. The Hall–Kier alpha value is -1.03. The smallest absolute Gasteiger partial charge is 0.0507 e. The van der Waals surface area contributed by atoms with Crippen LogP contribution in [0.5, 0.6) is 0 Å². The largest absolute Gasteiger partial charge is 0.265 e. The molecule has 0 aromatic heterocycles. The summed E-state index contributed by atoms with van der Waals surface area (Å²) in [4.78, 5) is 4.14. The second-order valence-corrected chi connectivity index (χ2v) is 1.88. The monoisotopic (exact) mass is 135 g/mol. The summed E-state index contributed by atoms with van der Waals surface area (Å²) in [5.74, 6) is 2.55. The van der Waals surface area contributed by atoms with E-state index in [9.17, 15) is 0 Å². The molecule has 0 saturated heterocycles. The fourth-order valence-corrected chi connectivity index (χ4v) is 0.535. The second kappa shape index (κ2) is 6.10. The molecule has 0 fully saturated rings. The van der Waals surface area contributed by atoms with Crippen LogP contribution in [0.15, 0.2) is 16.8 Å². The first-order chi connectivity index (χ1) is 4.85. The van der Waals surface area contributed by atoms with Gasteiger partial charge in [0.25, 0.3) is 0 Å². The maximum absolute atomic E-state index is 5.11. The minimum Gasteiger partial charge on any atom is -0.265 e. The zero-order valence-corrected chi connectivity index (χ0v) is 6.59. The van der Waals surface area contributed by atoms with Gasteiger partial charge in [0.05, 0.1) is 6.42 Å². The number of allylic oxidation sites excluding steroid dienone is 2. The molecule has 0 aromatic rings. The summed E-state index contributed by atoms with van der Waals surface area (Å²) >= 11 is 0. The third kappa shape index (κ3) is 3.91. The second-order valence-electron chi connectivity index (χ2n) is 1.88.